The first-order valence-corrected chi connectivity index (χ1v) is 2.92. The monoisotopic (exact) mass is 155 g/mol. The van der Waals surface area contributed by atoms with Crippen molar-refractivity contribution in [2.24, 2.45) is 7.05 Å². The fourth-order valence-electron chi connectivity index (χ4n) is 0.928. The van der Waals surface area contributed by atoms with Gasteiger partial charge in [0.05, 0.1) is 0 Å². The predicted molar refractivity (Wildman–Crippen MR) is 34.4 cm³/mol. The Kier molecular flexibility index (Phi) is 0.906. The summed E-state index contributed by atoms with van der Waals surface area (Å²) in [5.74, 6) is 0. The van der Waals surface area contributed by atoms with E-state index >= 15 is 0 Å². The Morgan fingerprint density at radius 3 is 3.09 bits per heavy atom. The molecule has 0 atom stereocenters. The summed E-state index contributed by atoms with van der Waals surface area (Å²) in [5.41, 5.74) is -0.165. The minimum atomic E-state index is -0.563. The van der Waals surface area contributed by atoms with Crippen molar-refractivity contribution in [3.8, 4) is 0 Å². The van der Waals surface area contributed by atoms with Gasteiger partial charge < -0.3 is 9.62 Å². The molecule has 0 fully saturated rings. The summed E-state index contributed by atoms with van der Waals surface area (Å²) < 4.78 is 6.43. The zero-order valence-corrected chi connectivity index (χ0v) is 5.68. The number of oxazole rings is 1. The molecule has 0 unspecified atom stereocenters. The van der Waals surface area contributed by atoms with Gasteiger partial charge in [0.25, 0.3) is 5.71 Å². The maximum Gasteiger partial charge on any atom is 0.365 e. The van der Waals surface area contributed by atoms with E-state index in [0.29, 0.717) is 4.73 Å². The van der Waals surface area contributed by atoms with E-state index < -0.39 is 5.69 Å². The Balaban J connectivity index is 3.12. The predicted octanol–water partition coefficient (Wildman–Crippen LogP) is -0.435. The number of rotatable bonds is 0. The van der Waals surface area contributed by atoms with Crippen molar-refractivity contribution in [3.05, 3.63) is 16.9 Å². The minimum absolute atomic E-state index is 0.137. The first kappa shape index (κ1) is 6.02. The number of hydrogen-bond donors (Lipinski definition) is 1. The number of hydrogen-bond acceptors (Lipinski definition) is 4. The van der Waals surface area contributed by atoms with Crippen molar-refractivity contribution >= 4 is 11.4 Å². The lowest BCUT2D eigenvalue weighted by atomic mass is 10.8. The average Bonchev–Trinajstić information content (AvgIpc) is 2.53. The highest BCUT2D eigenvalue weighted by molar-refractivity contribution is 5.63. The number of nitrogens with zero attached hydrogens (tertiary/aromatic N) is 3. The summed E-state index contributed by atoms with van der Waals surface area (Å²) in [6.07, 6.45) is 1.16. The van der Waals surface area contributed by atoms with Gasteiger partial charge in [0.2, 0.25) is 5.65 Å². The molecule has 0 aliphatic rings. The molecule has 0 radical (unpaired) electrons. The fourth-order valence-corrected chi connectivity index (χ4v) is 0.928. The maximum atomic E-state index is 10.9. The summed E-state index contributed by atoms with van der Waals surface area (Å²) in [6, 6.07) is 0. The molecule has 6 nitrogen and oxygen atoms in total. The molecule has 1 N–H and O–H groups in total. The van der Waals surface area contributed by atoms with E-state index in [4.69, 9.17) is 9.62 Å². The van der Waals surface area contributed by atoms with Crippen LogP contribution in [0.5, 0.6) is 0 Å². The van der Waals surface area contributed by atoms with Crippen LogP contribution in [-0.4, -0.2) is 19.5 Å². The van der Waals surface area contributed by atoms with Crippen molar-refractivity contribution in [2.75, 3.05) is 0 Å². The van der Waals surface area contributed by atoms with E-state index in [0.717, 1.165) is 6.39 Å². The molecule has 2 rings (SSSR count). The van der Waals surface area contributed by atoms with Crippen LogP contribution >= 0.6 is 0 Å². The minimum Gasteiger partial charge on any atom is -0.425 e. The first-order chi connectivity index (χ1) is 5.22. The lowest BCUT2D eigenvalue weighted by Gasteiger charge is -1.83. The van der Waals surface area contributed by atoms with Gasteiger partial charge in [-0.3, -0.25) is 4.57 Å². The lowest BCUT2D eigenvalue weighted by molar-refractivity contribution is 0.183. The molecule has 2 aromatic heterocycles. The van der Waals surface area contributed by atoms with Crippen molar-refractivity contribution < 1.29 is 9.62 Å². The lowest BCUT2D eigenvalue weighted by Crippen LogP contribution is -2.20. The van der Waals surface area contributed by atoms with E-state index in [9.17, 15) is 4.79 Å². The van der Waals surface area contributed by atoms with Gasteiger partial charge in [-0.25, -0.2) is 4.79 Å². The number of fused-ring (bicyclic) bond motifs is 1. The second-order valence-electron chi connectivity index (χ2n) is 2.13. The smallest absolute Gasteiger partial charge is 0.365 e. The second kappa shape index (κ2) is 1.66. The third-order valence-corrected chi connectivity index (χ3v) is 1.50. The van der Waals surface area contributed by atoms with Gasteiger partial charge in [0.15, 0.2) is 6.39 Å². The van der Waals surface area contributed by atoms with Gasteiger partial charge in [-0.15, -0.1) is 4.73 Å². The molecule has 11 heavy (non-hydrogen) atoms. The summed E-state index contributed by atoms with van der Waals surface area (Å²) in [7, 11) is 1.49. The molecule has 0 saturated heterocycles. The molecule has 0 saturated carbocycles. The van der Waals surface area contributed by atoms with Gasteiger partial charge in [0.1, 0.15) is 0 Å². The van der Waals surface area contributed by atoms with Crippen LogP contribution in [0.25, 0.3) is 11.4 Å². The van der Waals surface area contributed by atoms with E-state index in [2.05, 4.69) is 4.98 Å². The van der Waals surface area contributed by atoms with Crippen molar-refractivity contribution in [1.29, 1.82) is 0 Å². The standard InChI is InChI=1S/C5H5N3O3/c1-7-4-3(6-2-11-4)8(10)5(7)9/h2,10H,1H3. The normalized spacial score (nSPS) is 11.0. The molecule has 2 aromatic rings. The van der Waals surface area contributed by atoms with Crippen molar-refractivity contribution in [3.63, 3.8) is 0 Å². The van der Waals surface area contributed by atoms with Gasteiger partial charge in [0, 0.05) is 7.05 Å². The van der Waals surface area contributed by atoms with Gasteiger partial charge in [-0.05, 0) is 0 Å². The van der Waals surface area contributed by atoms with Crippen LogP contribution < -0.4 is 5.69 Å². The van der Waals surface area contributed by atoms with Gasteiger partial charge in [-0.2, -0.15) is 4.98 Å². The molecule has 0 amide bonds. The average molecular weight is 155 g/mol. The Bertz CT molecular complexity index is 411. The van der Waals surface area contributed by atoms with Crippen LogP contribution in [0.1, 0.15) is 0 Å². The number of aromatic nitrogens is 3. The van der Waals surface area contributed by atoms with Crippen LogP contribution in [0.15, 0.2) is 15.6 Å². The molecule has 6 heteroatoms. The highest BCUT2D eigenvalue weighted by atomic mass is 16.5. The molecule has 0 spiro atoms. The molecular formula is C5H5N3O3. The second-order valence-corrected chi connectivity index (χ2v) is 2.13. The summed E-state index contributed by atoms with van der Waals surface area (Å²) in [4.78, 5) is 14.6. The van der Waals surface area contributed by atoms with Crippen molar-refractivity contribution in [1.82, 2.24) is 14.3 Å². The topological polar surface area (TPSA) is 73.2 Å². The molecule has 58 valence electrons. The highest BCUT2D eigenvalue weighted by Crippen LogP contribution is 2.06. The number of imidazole rings is 1. The summed E-state index contributed by atoms with van der Waals surface area (Å²) >= 11 is 0. The largest absolute Gasteiger partial charge is 0.425 e. The summed E-state index contributed by atoms with van der Waals surface area (Å²) in [6.45, 7) is 0. The maximum absolute atomic E-state index is 10.9. The van der Waals surface area contributed by atoms with E-state index in [1.165, 1.54) is 11.6 Å². The molecule has 0 aromatic carbocycles. The highest BCUT2D eigenvalue weighted by Gasteiger charge is 2.12. The Morgan fingerprint density at radius 1 is 1.73 bits per heavy atom. The first-order valence-electron chi connectivity index (χ1n) is 2.92. The summed E-state index contributed by atoms with van der Waals surface area (Å²) in [5, 5.41) is 9.03. The zero-order valence-electron chi connectivity index (χ0n) is 5.68. The SMILES string of the molecule is Cn1c(=O)n(O)c2ncoc21. The molecule has 2 heterocycles. The number of aryl methyl sites for hydroxylation is 1. The van der Waals surface area contributed by atoms with Gasteiger partial charge >= 0.3 is 5.69 Å². The van der Waals surface area contributed by atoms with Crippen LogP contribution in [-0.2, 0) is 7.05 Å². The van der Waals surface area contributed by atoms with E-state index in [1.807, 2.05) is 0 Å². The molecule has 0 aliphatic heterocycles. The molecular weight excluding hydrogens is 150 g/mol. The Labute approximate surface area is 60.3 Å². The van der Waals surface area contributed by atoms with Crippen LogP contribution in [0.3, 0.4) is 0 Å². The van der Waals surface area contributed by atoms with Crippen LogP contribution in [0.4, 0.5) is 0 Å². The third kappa shape index (κ3) is 0.554. The third-order valence-electron chi connectivity index (χ3n) is 1.50. The van der Waals surface area contributed by atoms with Gasteiger partial charge in [-0.1, -0.05) is 0 Å². The zero-order chi connectivity index (χ0) is 8.01. The van der Waals surface area contributed by atoms with E-state index in [-0.39, 0.29) is 11.4 Å². The van der Waals surface area contributed by atoms with Crippen LogP contribution in [0, 0.1) is 0 Å². The quantitative estimate of drug-likeness (QED) is 0.523. The molecule has 0 bridgehead atoms. The van der Waals surface area contributed by atoms with E-state index in [1.54, 1.807) is 0 Å². The Morgan fingerprint density at radius 2 is 2.45 bits per heavy atom. The molecule has 0 aliphatic carbocycles. The van der Waals surface area contributed by atoms with Crippen molar-refractivity contribution in [2.45, 2.75) is 0 Å². The van der Waals surface area contributed by atoms with Crippen LogP contribution in [0.2, 0.25) is 0 Å². The fraction of sp³-hybridized carbons (Fsp3) is 0.200. The Hall–Kier alpha value is -1.72.